The van der Waals surface area contributed by atoms with Crippen LogP contribution in [0.25, 0.3) is 11.1 Å². The first-order valence-electron chi connectivity index (χ1n) is 10.0. The minimum absolute atomic E-state index is 0.0463. The lowest BCUT2D eigenvalue weighted by Crippen LogP contribution is -2.29. The molecule has 1 heterocycles. The fourth-order valence-electron chi connectivity index (χ4n) is 3.21. The van der Waals surface area contributed by atoms with Crippen LogP contribution in [-0.2, 0) is 22.6 Å². The second kappa shape index (κ2) is 9.90. The predicted molar refractivity (Wildman–Crippen MR) is 117 cm³/mol. The van der Waals surface area contributed by atoms with Crippen molar-refractivity contribution in [2.75, 3.05) is 0 Å². The van der Waals surface area contributed by atoms with Gasteiger partial charge in [0, 0.05) is 12.4 Å². The molecular formula is C23H23F3N2O4S. The molecule has 33 heavy (non-hydrogen) atoms. The van der Waals surface area contributed by atoms with E-state index in [4.69, 9.17) is 9.88 Å². The van der Waals surface area contributed by atoms with Crippen LogP contribution in [0.15, 0.2) is 71.9 Å². The molecule has 0 fully saturated rings. The summed E-state index contributed by atoms with van der Waals surface area (Å²) in [6.45, 7) is 1.72. The van der Waals surface area contributed by atoms with Gasteiger partial charge in [-0.25, -0.2) is 13.6 Å². The summed E-state index contributed by atoms with van der Waals surface area (Å²) >= 11 is 0. The normalized spacial score (nSPS) is 14.0. The van der Waals surface area contributed by atoms with E-state index >= 15 is 0 Å². The number of aliphatic hydroxyl groups is 1. The number of aromatic nitrogens is 1. The van der Waals surface area contributed by atoms with Crippen LogP contribution in [0.5, 0.6) is 5.75 Å². The molecule has 0 aliphatic heterocycles. The molecule has 2 atom stereocenters. The van der Waals surface area contributed by atoms with Crippen molar-refractivity contribution in [3.63, 3.8) is 0 Å². The highest BCUT2D eigenvalue weighted by molar-refractivity contribution is 7.89. The number of rotatable bonds is 8. The van der Waals surface area contributed by atoms with Crippen LogP contribution in [0.3, 0.4) is 0 Å². The number of aliphatic hydroxyl groups excluding tert-OH is 1. The minimum Gasteiger partial charge on any atom is -0.488 e. The molecule has 0 bridgehead atoms. The summed E-state index contributed by atoms with van der Waals surface area (Å²) in [5.41, 5.74) is 0.274. The molecule has 3 rings (SSSR count). The third-order valence-corrected chi connectivity index (χ3v) is 5.96. The van der Waals surface area contributed by atoms with Gasteiger partial charge < -0.3 is 9.84 Å². The van der Waals surface area contributed by atoms with Crippen molar-refractivity contribution in [1.82, 2.24) is 4.98 Å². The van der Waals surface area contributed by atoms with Crippen LogP contribution in [-0.4, -0.2) is 30.7 Å². The summed E-state index contributed by atoms with van der Waals surface area (Å²) in [6, 6.07) is 12.3. The van der Waals surface area contributed by atoms with Crippen molar-refractivity contribution in [3.05, 3.63) is 78.1 Å². The molecule has 0 unspecified atom stereocenters. The number of benzene rings is 2. The molecule has 0 aliphatic rings. The molecule has 3 aromatic rings. The molecule has 2 aromatic carbocycles. The number of primary sulfonamides is 1. The fraction of sp³-hybridized carbons (Fsp3) is 0.261. The molecule has 10 heteroatoms. The van der Waals surface area contributed by atoms with Crippen molar-refractivity contribution in [3.8, 4) is 16.9 Å². The van der Waals surface area contributed by atoms with Gasteiger partial charge in [0.25, 0.3) is 0 Å². The lowest BCUT2D eigenvalue weighted by molar-refractivity contribution is -0.137. The van der Waals surface area contributed by atoms with E-state index in [1.54, 1.807) is 19.3 Å². The summed E-state index contributed by atoms with van der Waals surface area (Å²) in [5, 5.41) is 15.4. The number of pyridine rings is 1. The van der Waals surface area contributed by atoms with Gasteiger partial charge in [-0.1, -0.05) is 18.2 Å². The van der Waals surface area contributed by atoms with E-state index in [1.807, 2.05) is 12.1 Å². The Morgan fingerprint density at radius 2 is 1.79 bits per heavy atom. The fourth-order valence-corrected chi connectivity index (χ4v) is 3.79. The Labute approximate surface area is 189 Å². The SMILES string of the molecule is C[C@H](Oc1ccc(-c2cc(C(F)(F)F)cc(S(N)(=O)=O)c2)cc1)[C@H](O)CCc1cccnc1. The highest BCUT2D eigenvalue weighted by Gasteiger charge is 2.32. The number of ether oxygens (including phenoxy) is 1. The van der Waals surface area contributed by atoms with Gasteiger partial charge in [-0.3, -0.25) is 4.98 Å². The maximum atomic E-state index is 13.2. The number of alkyl halides is 3. The molecule has 6 nitrogen and oxygen atoms in total. The Morgan fingerprint density at radius 3 is 2.36 bits per heavy atom. The lowest BCUT2D eigenvalue weighted by Gasteiger charge is -2.21. The highest BCUT2D eigenvalue weighted by atomic mass is 32.2. The van der Waals surface area contributed by atoms with Gasteiger partial charge in [-0.2, -0.15) is 13.2 Å². The van der Waals surface area contributed by atoms with Crippen LogP contribution in [0.2, 0.25) is 0 Å². The predicted octanol–water partition coefficient (Wildman–Crippen LogP) is 4.18. The van der Waals surface area contributed by atoms with Crippen molar-refractivity contribution in [1.29, 1.82) is 0 Å². The van der Waals surface area contributed by atoms with Gasteiger partial charge in [0.15, 0.2) is 0 Å². The number of hydrogen-bond donors (Lipinski definition) is 2. The van der Waals surface area contributed by atoms with Gasteiger partial charge in [0.2, 0.25) is 10.0 Å². The maximum absolute atomic E-state index is 13.2. The lowest BCUT2D eigenvalue weighted by atomic mass is 10.0. The van der Waals surface area contributed by atoms with Gasteiger partial charge in [0.05, 0.1) is 16.6 Å². The van der Waals surface area contributed by atoms with E-state index in [9.17, 15) is 26.7 Å². The molecule has 0 saturated carbocycles. The zero-order valence-corrected chi connectivity index (χ0v) is 18.5. The molecule has 0 spiro atoms. The monoisotopic (exact) mass is 480 g/mol. The van der Waals surface area contributed by atoms with E-state index in [0.717, 1.165) is 17.7 Å². The molecule has 1 aromatic heterocycles. The molecular weight excluding hydrogens is 457 g/mol. The summed E-state index contributed by atoms with van der Waals surface area (Å²) in [7, 11) is -4.33. The summed E-state index contributed by atoms with van der Waals surface area (Å²) < 4.78 is 68.7. The topological polar surface area (TPSA) is 103 Å². The number of halogens is 3. The molecule has 0 aliphatic carbocycles. The smallest absolute Gasteiger partial charge is 0.416 e. The molecule has 176 valence electrons. The van der Waals surface area contributed by atoms with Crippen molar-refractivity contribution in [2.45, 2.75) is 43.0 Å². The number of sulfonamides is 1. The van der Waals surface area contributed by atoms with Gasteiger partial charge in [0.1, 0.15) is 11.9 Å². The Bertz CT molecular complexity index is 1180. The Kier molecular flexibility index (Phi) is 7.41. The average Bonchev–Trinajstić information content (AvgIpc) is 2.77. The van der Waals surface area contributed by atoms with E-state index in [-0.39, 0.29) is 5.56 Å². The van der Waals surface area contributed by atoms with E-state index in [2.05, 4.69) is 4.98 Å². The van der Waals surface area contributed by atoms with Gasteiger partial charge in [-0.05, 0) is 72.9 Å². The molecule has 0 radical (unpaired) electrons. The first-order chi connectivity index (χ1) is 15.4. The quantitative estimate of drug-likeness (QED) is 0.504. The molecule has 3 N–H and O–H groups in total. The maximum Gasteiger partial charge on any atom is 0.416 e. The molecule has 0 saturated heterocycles. The number of aryl methyl sites for hydroxylation is 1. The largest absolute Gasteiger partial charge is 0.488 e. The number of hydrogen-bond acceptors (Lipinski definition) is 5. The third-order valence-electron chi connectivity index (χ3n) is 5.07. The van der Waals surface area contributed by atoms with Gasteiger partial charge >= 0.3 is 6.18 Å². The van der Waals surface area contributed by atoms with Crippen LogP contribution >= 0.6 is 0 Å². The zero-order valence-electron chi connectivity index (χ0n) is 17.7. The standard InChI is InChI=1S/C23H23F3N2O4S/c1-15(22(29)9-4-16-3-2-10-28-14-16)32-20-7-5-17(6-8-20)18-11-19(23(24,25)26)13-21(12-18)33(27,30)31/h2-3,5-8,10-15,22,29H,4,9H2,1H3,(H2,27,30,31)/t15-,22+/m0/s1. The summed E-state index contributed by atoms with van der Waals surface area (Å²) in [5.74, 6) is 0.408. The first-order valence-corrected chi connectivity index (χ1v) is 11.6. The van der Waals surface area contributed by atoms with Crippen molar-refractivity contribution >= 4 is 10.0 Å². The minimum atomic E-state index is -4.74. The van der Waals surface area contributed by atoms with Crippen LogP contribution in [0, 0.1) is 0 Å². The zero-order chi connectivity index (χ0) is 24.2. The Morgan fingerprint density at radius 1 is 1.09 bits per heavy atom. The highest BCUT2D eigenvalue weighted by Crippen LogP contribution is 2.35. The number of nitrogens with zero attached hydrogens (tertiary/aromatic N) is 1. The van der Waals surface area contributed by atoms with E-state index in [1.165, 1.54) is 24.3 Å². The second-order valence-electron chi connectivity index (χ2n) is 7.60. The first kappa shape index (κ1) is 24.7. The van der Waals surface area contributed by atoms with Crippen LogP contribution in [0.4, 0.5) is 13.2 Å². The number of nitrogens with two attached hydrogens (primary N) is 1. The second-order valence-corrected chi connectivity index (χ2v) is 9.16. The Hall–Kier alpha value is -2.95. The van der Waals surface area contributed by atoms with E-state index in [0.29, 0.717) is 30.2 Å². The van der Waals surface area contributed by atoms with Crippen molar-refractivity contribution < 1.29 is 31.4 Å². The van der Waals surface area contributed by atoms with Crippen molar-refractivity contribution in [2.24, 2.45) is 5.14 Å². The summed E-state index contributed by atoms with van der Waals surface area (Å²) in [4.78, 5) is 3.40. The van der Waals surface area contributed by atoms with Crippen LogP contribution in [0.1, 0.15) is 24.5 Å². The Balaban J connectivity index is 1.73. The van der Waals surface area contributed by atoms with E-state index < -0.39 is 38.9 Å². The van der Waals surface area contributed by atoms with Crippen LogP contribution < -0.4 is 9.88 Å². The molecule has 0 amide bonds. The summed E-state index contributed by atoms with van der Waals surface area (Å²) in [6.07, 6.45) is -1.52. The third kappa shape index (κ3) is 6.77. The average molecular weight is 481 g/mol. The van der Waals surface area contributed by atoms with Gasteiger partial charge in [-0.15, -0.1) is 0 Å².